The summed E-state index contributed by atoms with van der Waals surface area (Å²) >= 11 is 7.73. The molecule has 0 amide bonds. The number of rotatable bonds is 4. The van der Waals surface area contributed by atoms with Crippen molar-refractivity contribution in [2.45, 2.75) is 0 Å². The van der Waals surface area contributed by atoms with Crippen LogP contribution in [0.5, 0.6) is 0 Å². The van der Waals surface area contributed by atoms with E-state index in [2.05, 4.69) is 5.32 Å². The first kappa shape index (κ1) is 14.2. The Balaban J connectivity index is 2.71. The summed E-state index contributed by atoms with van der Waals surface area (Å²) in [6, 6.07) is 2.95. The summed E-state index contributed by atoms with van der Waals surface area (Å²) in [7, 11) is -2.06. The average molecular weight is 378 g/mol. The molecule has 0 aliphatic rings. The van der Waals surface area contributed by atoms with Crippen molar-refractivity contribution >= 4 is 49.8 Å². The zero-order chi connectivity index (χ0) is 12.3. The lowest BCUT2D eigenvalue weighted by Gasteiger charge is -2.14. The van der Waals surface area contributed by atoms with Gasteiger partial charge in [-0.05, 0) is 47.2 Å². The van der Waals surface area contributed by atoms with Gasteiger partial charge < -0.3 is 5.32 Å². The summed E-state index contributed by atoms with van der Waals surface area (Å²) < 4.78 is 25.7. The predicted octanol–water partition coefficient (Wildman–Crippen LogP) is 2.77. The molecule has 1 aromatic rings. The fraction of sp³-hybridized carbons (Fsp3) is 0.400. The van der Waals surface area contributed by atoms with E-state index in [0.29, 0.717) is 23.0 Å². The second-order valence-electron chi connectivity index (χ2n) is 3.97. The van der Waals surface area contributed by atoms with Gasteiger partial charge in [-0.1, -0.05) is 11.6 Å². The molecule has 0 heterocycles. The van der Waals surface area contributed by atoms with E-state index >= 15 is 0 Å². The Labute approximate surface area is 115 Å². The van der Waals surface area contributed by atoms with Crippen molar-refractivity contribution in [2.75, 3.05) is 30.1 Å². The Bertz CT molecular complexity index is 412. The average Bonchev–Trinajstić information content (AvgIpc) is 2.07. The molecule has 1 aromatic carbocycles. The lowest BCUT2D eigenvalue weighted by atomic mass is 10.3. The van der Waals surface area contributed by atoms with Crippen LogP contribution in [-0.4, -0.2) is 29.0 Å². The highest BCUT2D eigenvalue weighted by atomic mass is 127. The molecule has 92 valence electrons. The monoisotopic (exact) mass is 377 g/mol. The summed E-state index contributed by atoms with van der Waals surface area (Å²) in [5.74, 6) is 0.171. The Morgan fingerprint density at radius 2 is 2.12 bits per heavy atom. The topological polar surface area (TPSA) is 29.1 Å². The van der Waals surface area contributed by atoms with Crippen LogP contribution < -0.4 is 5.32 Å². The van der Waals surface area contributed by atoms with Crippen LogP contribution in [0.4, 0.5) is 10.1 Å². The molecule has 0 aliphatic heterocycles. The van der Waals surface area contributed by atoms with Gasteiger partial charge >= 0.3 is 0 Å². The first-order valence-corrected chi connectivity index (χ1v) is 8.96. The van der Waals surface area contributed by atoms with Crippen molar-refractivity contribution in [3.05, 3.63) is 26.5 Å². The largest absolute Gasteiger partial charge is 0.381 e. The van der Waals surface area contributed by atoms with Crippen LogP contribution >= 0.6 is 34.2 Å². The highest BCUT2D eigenvalue weighted by molar-refractivity contribution is 14.1. The number of thiol groups is 1. The molecule has 0 saturated carbocycles. The van der Waals surface area contributed by atoms with E-state index in [-0.39, 0.29) is 5.82 Å². The molecule has 0 aromatic heterocycles. The zero-order valence-corrected chi connectivity index (χ0v) is 12.9. The van der Waals surface area contributed by atoms with Crippen LogP contribution in [0.15, 0.2) is 12.1 Å². The van der Waals surface area contributed by atoms with Crippen LogP contribution in [-0.2, 0) is 9.93 Å². The molecular weight excluding hydrogens is 364 g/mol. The molecule has 0 saturated heterocycles. The molecule has 6 heteroatoms. The van der Waals surface area contributed by atoms with Gasteiger partial charge in [-0.15, -0.1) is 9.93 Å². The van der Waals surface area contributed by atoms with Gasteiger partial charge in [0.15, 0.2) is 0 Å². The maximum Gasteiger partial charge on any atom is 0.148 e. The first-order valence-electron chi connectivity index (χ1n) is 4.72. The lowest BCUT2D eigenvalue weighted by molar-refractivity contribution is 0.629. The summed E-state index contributed by atoms with van der Waals surface area (Å²) in [6.07, 6.45) is 3.44. The van der Waals surface area contributed by atoms with Gasteiger partial charge in [-0.3, -0.25) is 4.21 Å². The summed E-state index contributed by atoms with van der Waals surface area (Å²) in [6.45, 7) is 0.499. The van der Waals surface area contributed by atoms with Gasteiger partial charge in [0.25, 0.3) is 0 Å². The molecule has 16 heavy (non-hydrogen) atoms. The van der Waals surface area contributed by atoms with Crippen LogP contribution in [0.1, 0.15) is 0 Å². The fourth-order valence-electron chi connectivity index (χ4n) is 1.16. The van der Waals surface area contributed by atoms with E-state index in [1.807, 2.05) is 22.6 Å². The molecule has 0 unspecified atom stereocenters. The van der Waals surface area contributed by atoms with Crippen LogP contribution in [0.3, 0.4) is 0 Å². The van der Waals surface area contributed by atoms with Gasteiger partial charge in [0.1, 0.15) is 5.82 Å². The zero-order valence-electron chi connectivity index (χ0n) is 9.06. The van der Waals surface area contributed by atoms with Crippen molar-refractivity contribution in [2.24, 2.45) is 0 Å². The van der Waals surface area contributed by atoms with E-state index < -0.39 is 9.93 Å². The highest BCUT2D eigenvalue weighted by Crippen LogP contribution is 2.26. The Kier molecular flexibility index (Phi) is 5.00. The fourth-order valence-corrected chi connectivity index (χ4v) is 2.98. The maximum absolute atomic E-state index is 13.5. The van der Waals surface area contributed by atoms with Crippen LogP contribution in [0.2, 0.25) is 5.02 Å². The third-order valence-electron chi connectivity index (χ3n) is 1.96. The van der Waals surface area contributed by atoms with Crippen molar-refractivity contribution in [1.82, 2.24) is 0 Å². The predicted molar refractivity (Wildman–Crippen MR) is 78.9 cm³/mol. The number of hydrogen-bond acceptors (Lipinski definition) is 2. The van der Waals surface area contributed by atoms with E-state index in [1.54, 1.807) is 18.6 Å². The Morgan fingerprint density at radius 1 is 1.50 bits per heavy atom. The van der Waals surface area contributed by atoms with Crippen molar-refractivity contribution in [1.29, 1.82) is 0 Å². The minimum absolute atomic E-state index is 0.376. The Hall–Kier alpha value is 0.120. The van der Waals surface area contributed by atoms with Gasteiger partial charge in [0.2, 0.25) is 0 Å². The summed E-state index contributed by atoms with van der Waals surface area (Å²) in [5.41, 5.74) is 0.429. The molecule has 2 nitrogen and oxygen atoms in total. The normalized spacial score (nSPS) is 12.6. The minimum Gasteiger partial charge on any atom is -0.381 e. The molecule has 0 atom stereocenters. The second kappa shape index (κ2) is 5.64. The highest BCUT2D eigenvalue weighted by Gasteiger charge is 2.09. The maximum atomic E-state index is 13.5. The molecular formula is C10H14ClFINOS. The van der Waals surface area contributed by atoms with E-state index in [0.717, 1.165) is 3.57 Å². The SMILES string of the molecule is C[SH](C)(=O)CCNc1c(F)cc(Cl)cc1I. The quantitative estimate of drug-likeness (QED) is 0.624. The number of nitrogens with one attached hydrogen (secondary N) is 1. The third kappa shape index (κ3) is 4.55. The van der Waals surface area contributed by atoms with Gasteiger partial charge in [0.05, 0.1) is 5.69 Å². The van der Waals surface area contributed by atoms with Crippen LogP contribution in [0.25, 0.3) is 0 Å². The Morgan fingerprint density at radius 3 is 2.62 bits per heavy atom. The minimum atomic E-state index is -2.06. The van der Waals surface area contributed by atoms with E-state index in [1.165, 1.54) is 6.07 Å². The summed E-state index contributed by atoms with van der Waals surface area (Å²) in [4.78, 5) is 0. The smallest absolute Gasteiger partial charge is 0.148 e. The van der Waals surface area contributed by atoms with Crippen molar-refractivity contribution in [3.63, 3.8) is 0 Å². The van der Waals surface area contributed by atoms with E-state index in [4.69, 9.17) is 11.6 Å². The molecule has 1 rings (SSSR count). The van der Waals surface area contributed by atoms with Crippen molar-refractivity contribution < 1.29 is 8.60 Å². The molecule has 1 N–H and O–H groups in total. The molecule has 0 spiro atoms. The lowest BCUT2D eigenvalue weighted by Crippen LogP contribution is -2.20. The van der Waals surface area contributed by atoms with Crippen molar-refractivity contribution in [3.8, 4) is 0 Å². The summed E-state index contributed by atoms with van der Waals surface area (Å²) in [5, 5.41) is 3.33. The van der Waals surface area contributed by atoms with Gasteiger partial charge in [0, 0.05) is 20.9 Å². The van der Waals surface area contributed by atoms with Crippen LogP contribution in [0, 0.1) is 9.39 Å². The molecule has 0 bridgehead atoms. The van der Waals surface area contributed by atoms with Gasteiger partial charge in [-0.25, -0.2) is 4.39 Å². The second-order valence-corrected chi connectivity index (χ2v) is 9.16. The number of benzene rings is 1. The van der Waals surface area contributed by atoms with Gasteiger partial charge in [-0.2, -0.15) is 0 Å². The number of anilines is 1. The number of hydrogen-bond donors (Lipinski definition) is 2. The molecule has 0 aliphatic carbocycles. The third-order valence-corrected chi connectivity index (χ3v) is 4.33. The number of halogens is 3. The van der Waals surface area contributed by atoms with E-state index in [9.17, 15) is 8.60 Å². The molecule has 0 radical (unpaired) electrons. The first-order chi connectivity index (χ1) is 7.29. The standard InChI is InChI=1S/C10H14ClFINOS/c1-16(2,15)4-3-14-10-8(12)5-7(11)6-9(10)13/h5-6,14,16H,3-4H2,1-2H3. The molecule has 0 fully saturated rings.